The topological polar surface area (TPSA) is 79.5 Å². The highest BCUT2D eigenvalue weighted by Crippen LogP contribution is 2.40. The lowest BCUT2D eigenvalue weighted by Crippen LogP contribution is -2.16. The molecule has 0 spiro atoms. The van der Waals surface area contributed by atoms with Crippen molar-refractivity contribution in [3.05, 3.63) is 37.1 Å². The Labute approximate surface area is 124 Å². The molecular weight excluding hydrogens is 298 g/mol. The minimum atomic E-state index is -0.703. The molecule has 0 bridgehead atoms. The molecule has 1 atom stereocenters. The van der Waals surface area contributed by atoms with Gasteiger partial charge in [-0.1, -0.05) is 0 Å². The van der Waals surface area contributed by atoms with Crippen molar-refractivity contribution in [1.29, 1.82) is 0 Å². The lowest BCUT2D eigenvalue weighted by molar-refractivity contribution is -0.383. The predicted molar refractivity (Wildman–Crippen MR) is 80.6 cm³/mol. The molecule has 0 saturated heterocycles. The maximum atomic E-state index is 11.1. The summed E-state index contributed by atoms with van der Waals surface area (Å²) in [6, 6.07) is 1.45. The maximum absolute atomic E-state index is 11.1. The average Bonchev–Trinajstić information content (AvgIpc) is 2.96. The number of thiazole rings is 1. The highest BCUT2D eigenvalue weighted by atomic mass is 32.1. The van der Waals surface area contributed by atoms with Crippen molar-refractivity contribution in [3.63, 3.8) is 0 Å². The van der Waals surface area contributed by atoms with Crippen LogP contribution in [0.2, 0.25) is 0 Å². The van der Waals surface area contributed by atoms with E-state index in [4.69, 9.17) is 0 Å². The van der Waals surface area contributed by atoms with Crippen LogP contribution in [0.25, 0.3) is 0 Å². The van der Waals surface area contributed by atoms with Crippen molar-refractivity contribution < 1.29 is 10.0 Å². The minimum Gasteiger partial charge on any atom is -0.388 e. The van der Waals surface area contributed by atoms with Gasteiger partial charge in [-0.15, -0.1) is 22.7 Å². The molecule has 20 heavy (non-hydrogen) atoms. The molecule has 2 rings (SSSR count). The van der Waals surface area contributed by atoms with Crippen LogP contribution in [0.5, 0.6) is 0 Å². The molecule has 2 aromatic heterocycles. The molecule has 2 aromatic rings. The molecule has 0 amide bonds. The van der Waals surface area contributed by atoms with Crippen molar-refractivity contribution in [2.24, 2.45) is 0 Å². The average molecular weight is 313 g/mol. The highest BCUT2D eigenvalue weighted by molar-refractivity contribution is 7.16. The molecule has 8 heteroatoms. The van der Waals surface area contributed by atoms with E-state index in [0.29, 0.717) is 16.4 Å². The summed E-state index contributed by atoms with van der Waals surface area (Å²) in [6.45, 7) is 4.09. The van der Waals surface area contributed by atoms with Gasteiger partial charge in [0.2, 0.25) is 0 Å². The zero-order chi connectivity index (χ0) is 14.9. The molecule has 1 N–H and O–H groups in total. The summed E-state index contributed by atoms with van der Waals surface area (Å²) in [5.41, 5.74) is 2.75. The van der Waals surface area contributed by atoms with Gasteiger partial charge >= 0.3 is 5.69 Å². The molecule has 0 aliphatic heterocycles. The van der Waals surface area contributed by atoms with Gasteiger partial charge in [0.1, 0.15) is 0 Å². The van der Waals surface area contributed by atoms with Gasteiger partial charge in [0.15, 0.2) is 5.00 Å². The van der Waals surface area contributed by atoms with E-state index >= 15 is 0 Å². The Bertz CT molecular complexity index is 621. The van der Waals surface area contributed by atoms with E-state index in [0.717, 1.165) is 10.6 Å². The standard InChI is InChI=1S/C12H15N3O3S2/c1-7-11(19-6-13-7)5-14(3)12-9(15(17)18)4-10(20-12)8(2)16/h4,6,8,16H,5H2,1-3H3/t8-/m1/s1. The van der Waals surface area contributed by atoms with Crippen LogP contribution in [0.4, 0.5) is 10.7 Å². The lowest BCUT2D eigenvalue weighted by atomic mass is 10.3. The largest absolute Gasteiger partial charge is 0.388 e. The van der Waals surface area contributed by atoms with Gasteiger partial charge in [-0.25, -0.2) is 4.98 Å². The second-order valence-electron chi connectivity index (χ2n) is 4.49. The van der Waals surface area contributed by atoms with Crippen LogP contribution in [0.3, 0.4) is 0 Å². The third kappa shape index (κ3) is 2.97. The smallest absolute Gasteiger partial charge is 0.304 e. The fourth-order valence-corrected chi connectivity index (χ4v) is 3.62. The molecule has 6 nitrogen and oxygen atoms in total. The van der Waals surface area contributed by atoms with E-state index in [9.17, 15) is 15.2 Å². The summed E-state index contributed by atoms with van der Waals surface area (Å²) in [4.78, 5) is 18.4. The second-order valence-corrected chi connectivity index (χ2v) is 6.49. The van der Waals surface area contributed by atoms with E-state index in [1.807, 2.05) is 18.9 Å². The number of hydrogen-bond acceptors (Lipinski definition) is 7. The molecule has 0 radical (unpaired) electrons. The number of nitro groups is 1. The van der Waals surface area contributed by atoms with Crippen molar-refractivity contribution in [2.45, 2.75) is 26.5 Å². The summed E-state index contributed by atoms with van der Waals surface area (Å²) in [7, 11) is 1.81. The summed E-state index contributed by atoms with van der Waals surface area (Å²) in [6.07, 6.45) is -0.703. The SMILES string of the molecule is Cc1ncsc1CN(C)c1sc([C@@H](C)O)cc1[N+](=O)[O-]. The van der Waals surface area contributed by atoms with Crippen LogP contribution in [0.15, 0.2) is 11.6 Å². The first kappa shape index (κ1) is 14.9. The third-order valence-electron chi connectivity index (χ3n) is 2.89. The molecule has 0 saturated carbocycles. The predicted octanol–water partition coefficient (Wildman–Crippen LogP) is 3.11. The van der Waals surface area contributed by atoms with Gasteiger partial charge in [-0.3, -0.25) is 10.1 Å². The first-order valence-electron chi connectivity index (χ1n) is 5.96. The quantitative estimate of drug-likeness (QED) is 0.677. The summed E-state index contributed by atoms with van der Waals surface area (Å²) in [5.74, 6) is 0. The van der Waals surface area contributed by atoms with Crippen LogP contribution in [-0.2, 0) is 6.54 Å². The van der Waals surface area contributed by atoms with Crippen molar-refractivity contribution in [3.8, 4) is 0 Å². The molecule has 108 valence electrons. The molecule has 0 aromatic carbocycles. The number of hydrogen-bond donors (Lipinski definition) is 1. The van der Waals surface area contributed by atoms with E-state index in [1.165, 1.54) is 28.7 Å². The Morgan fingerprint density at radius 2 is 2.30 bits per heavy atom. The first-order valence-corrected chi connectivity index (χ1v) is 7.66. The number of aryl methyl sites for hydroxylation is 1. The van der Waals surface area contributed by atoms with Gasteiger partial charge in [-0.2, -0.15) is 0 Å². The molecule has 0 aliphatic carbocycles. The Hall–Kier alpha value is -1.51. The fourth-order valence-electron chi connectivity index (χ4n) is 1.77. The number of aliphatic hydroxyl groups is 1. The van der Waals surface area contributed by atoms with Gasteiger partial charge in [0, 0.05) is 22.9 Å². The fraction of sp³-hybridized carbons (Fsp3) is 0.417. The first-order chi connectivity index (χ1) is 9.40. The molecule has 0 aliphatic rings. The lowest BCUT2D eigenvalue weighted by Gasteiger charge is -2.15. The summed E-state index contributed by atoms with van der Waals surface area (Å²) < 4.78 is 0. The molecule has 0 fully saturated rings. The van der Waals surface area contributed by atoms with Crippen LogP contribution < -0.4 is 4.90 Å². The highest BCUT2D eigenvalue weighted by Gasteiger charge is 2.24. The monoisotopic (exact) mass is 313 g/mol. The van der Waals surface area contributed by atoms with E-state index in [-0.39, 0.29) is 5.69 Å². The number of thiophene rings is 1. The maximum Gasteiger partial charge on any atom is 0.304 e. The number of rotatable bonds is 5. The second kappa shape index (κ2) is 5.86. The van der Waals surface area contributed by atoms with Gasteiger partial charge in [0.25, 0.3) is 0 Å². The zero-order valence-electron chi connectivity index (χ0n) is 11.4. The van der Waals surface area contributed by atoms with Crippen LogP contribution in [0, 0.1) is 17.0 Å². The van der Waals surface area contributed by atoms with E-state index < -0.39 is 11.0 Å². The Balaban J connectivity index is 2.31. The number of anilines is 1. The molecule has 2 heterocycles. The number of aromatic nitrogens is 1. The van der Waals surface area contributed by atoms with E-state index in [1.54, 1.807) is 12.4 Å². The Kier molecular flexibility index (Phi) is 4.36. The van der Waals surface area contributed by atoms with E-state index in [2.05, 4.69) is 4.98 Å². The van der Waals surface area contributed by atoms with Crippen LogP contribution >= 0.6 is 22.7 Å². The van der Waals surface area contributed by atoms with Crippen molar-refractivity contribution >= 4 is 33.4 Å². The zero-order valence-corrected chi connectivity index (χ0v) is 13.0. The van der Waals surface area contributed by atoms with Crippen molar-refractivity contribution in [1.82, 2.24) is 4.98 Å². The normalized spacial score (nSPS) is 12.4. The van der Waals surface area contributed by atoms with Gasteiger partial charge in [0.05, 0.1) is 28.8 Å². The van der Waals surface area contributed by atoms with Gasteiger partial charge < -0.3 is 10.0 Å². The summed E-state index contributed by atoms with van der Waals surface area (Å²) in [5, 5.41) is 21.3. The van der Waals surface area contributed by atoms with Crippen LogP contribution in [-0.4, -0.2) is 22.1 Å². The van der Waals surface area contributed by atoms with Crippen molar-refractivity contribution in [2.75, 3.05) is 11.9 Å². The van der Waals surface area contributed by atoms with Gasteiger partial charge in [-0.05, 0) is 13.8 Å². The third-order valence-corrected chi connectivity index (χ3v) is 5.22. The summed E-state index contributed by atoms with van der Waals surface area (Å²) >= 11 is 2.78. The Morgan fingerprint density at radius 1 is 1.60 bits per heavy atom. The number of aliphatic hydroxyl groups excluding tert-OH is 1. The molecule has 0 unspecified atom stereocenters. The minimum absolute atomic E-state index is 0.0376. The Morgan fingerprint density at radius 3 is 2.80 bits per heavy atom. The number of nitrogens with zero attached hydrogens (tertiary/aromatic N) is 3. The van der Waals surface area contributed by atoms with Crippen LogP contribution in [0.1, 0.15) is 28.5 Å². The molecular formula is C12H15N3O3S2.